The van der Waals surface area contributed by atoms with Gasteiger partial charge in [0.15, 0.2) is 0 Å². The van der Waals surface area contributed by atoms with Gasteiger partial charge in [0.1, 0.15) is 5.83 Å². The summed E-state index contributed by atoms with van der Waals surface area (Å²) >= 11 is 0. The highest BCUT2D eigenvalue weighted by Crippen LogP contribution is 2.14. The molecule has 3 heteroatoms. The van der Waals surface area contributed by atoms with Crippen LogP contribution in [0.2, 0.25) is 0 Å². The standard InChI is InChI=1S/C28H47FN2/c1-3-4-5-6-7-8-9-10-11-12-13-14-15-16-17-18-22-30-24(2)26-23-31-28-25(26)20-19-21-27(28)29/h20,23,30-31H,2-19,21-22H2,1H3. The third-order valence-corrected chi connectivity index (χ3v) is 6.60. The molecule has 176 valence electrons. The van der Waals surface area contributed by atoms with Crippen LogP contribution in [0.15, 0.2) is 12.8 Å². The number of fused-ring (bicyclic) bond motifs is 1. The summed E-state index contributed by atoms with van der Waals surface area (Å²) in [5.74, 6) is -0.0330. The predicted molar refractivity (Wildman–Crippen MR) is 135 cm³/mol. The van der Waals surface area contributed by atoms with Crippen molar-refractivity contribution in [3.63, 3.8) is 0 Å². The van der Waals surface area contributed by atoms with E-state index < -0.39 is 0 Å². The van der Waals surface area contributed by atoms with E-state index in [0.717, 1.165) is 29.4 Å². The first-order valence-corrected chi connectivity index (χ1v) is 13.2. The molecule has 0 aliphatic heterocycles. The Balaban J connectivity index is 1.38. The number of rotatable bonds is 19. The van der Waals surface area contributed by atoms with Gasteiger partial charge in [0, 0.05) is 35.6 Å². The molecule has 0 atom stereocenters. The fourth-order valence-corrected chi connectivity index (χ4v) is 4.60. The molecule has 1 aliphatic carbocycles. The molecule has 2 N–H and O–H groups in total. The van der Waals surface area contributed by atoms with E-state index in [9.17, 15) is 4.39 Å². The zero-order valence-electron chi connectivity index (χ0n) is 20.2. The van der Waals surface area contributed by atoms with Crippen LogP contribution in [-0.2, 0) is 0 Å². The molecule has 1 heterocycles. The zero-order valence-corrected chi connectivity index (χ0v) is 20.2. The Bertz CT molecular complexity index is 731. The molecule has 0 saturated carbocycles. The van der Waals surface area contributed by atoms with E-state index >= 15 is 0 Å². The number of aromatic amines is 1. The third-order valence-electron chi connectivity index (χ3n) is 6.60. The van der Waals surface area contributed by atoms with Gasteiger partial charge in [0.05, 0.1) is 5.35 Å². The van der Waals surface area contributed by atoms with Crippen LogP contribution in [0.1, 0.15) is 128 Å². The Morgan fingerprint density at radius 3 is 1.94 bits per heavy atom. The molecule has 1 aromatic rings. The lowest BCUT2D eigenvalue weighted by molar-refractivity contribution is 0.529. The van der Waals surface area contributed by atoms with Crippen LogP contribution in [-0.4, -0.2) is 11.5 Å². The number of aromatic nitrogens is 1. The SMILES string of the molecule is C=C(NCCCCCCCCCCCCCCCCCC)c1c[nH]c2c1=CCCC=2F. The highest BCUT2D eigenvalue weighted by atomic mass is 19.1. The maximum absolute atomic E-state index is 13.9. The minimum Gasteiger partial charge on any atom is -0.385 e. The first-order chi connectivity index (χ1) is 15.2. The first kappa shape index (κ1) is 25.7. The van der Waals surface area contributed by atoms with Gasteiger partial charge in [0.2, 0.25) is 0 Å². The molecule has 1 aromatic heterocycles. The topological polar surface area (TPSA) is 27.8 Å². The minimum absolute atomic E-state index is 0.0330. The van der Waals surface area contributed by atoms with Gasteiger partial charge in [-0.2, -0.15) is 0 Å². The van der Waals surface area contributed by atoms with Gasteiger partial charge >= 0.3 is 0 Å². The average Bonchev–Trinajstić information content (AvgIpc) is 3.21. The summed E-state index contributed by atoms with van der Waals surface area (Å²) < 4.78 is 13.9. The summed E-state index contributed by atoms with van der Waals surface area (Å²) in [6.07, 6.45) is 27.5. The third kappa shape index (κ3) is 10.1. The molecule has 0 amide bonds. The van der Waals surface area contributed by atoms with Gasteiger partial charge in [-0.3, -0.25) is 0 Å². The van der Waals surface area contributed by atoms with Crippen LogP contribution in [0.3, 0.4) is 0 Å². The molecule has 2 rings (SSSR count). The fourth-order valence-electron chi connectivity index (χ4n) is 4.60. The molecular weight excluding hydrogens is 383 g/mol. The second-order valence-corrected chi connectivity index (χ2v) is 9.35. The molecule has 0 spiro atoms. The van der Waals surface area contributed by atoms with E-state index in [0.29, 0.717) is 11.8 Å². The minimum atomic E-state index is -0.0330. The monoisotopic (exact) mass is 430 g/mol. The maximum atomic E-state index is 13.9. The number of H-pyrrole nitrogens is 1. The summed E-state index contributed by atoms with van der Waals surface area (Å²) in [6, 6.07) is 0. The van der Waals surface area contributed by atoms with Crippen LogP contribution in [0, 0.1) is 0 Å². The number of hydrogen-bond donors (Lipinski definition) is 2. The second kappa shape index (κ2) is 16.2. The Morgan fingerprint density at radius 1 is 0.871 bits per heavy atom. The Kier molecular flexibility index (Phi) is 13.4. The van der Waals surface area contributed by atoms with E-state index in [2.05, 4.69) is 29.9 Å². The lowest BCUT2D eigenvalue weighted by atomic mass is 10.0. The molecule has 1 aliphatic rings. The van der Waals surface area contributed by atoms with Crippen LogP contribution in [0.5, 0.6) is 0 Å². The van der Waals surface area contributed by atoms with Gasteiger partial charge in [-0.25, -0.2) is 4.39 Å². The van der Waals surface area contributed by atoms with Crippen LogP contribution in [0.4, 0.5) is 4.39 Å². The summed E-state index contributed by atoms with van der Waals surface area (Å²) in [4.78, 5) is 3.07. The summed E-state index contributed by atoms with van der Waals surface area (Å²) in [5, 5.41) is 5.06. The van der Waals surface area contributed by atoms with Gasteiger partial charge in [-0.1, -0.05) is 116 Å². The molecule has 0 fully saturated rings. The normalized spacial score (nSPS) is 13.2. The molecule has 2 nitrogen and oxygen atoms in total. The van der Waals surface area contributed by atoms with Crippen LogP contribution in [0.25, 0.3) is 17.6 Å². The van der Waals surface area contributed by atoms with Gasteiger partial charge in [0.25, 0.3) is 0 Å². The van der Waals surface area contributed by atoms with E-state index in [-0.39, 0.29) is 5.83 Å². The first-order valence-electron chi connectivity index (χ1n) is 13.2. The van der Waals surface area contributed by atoms with E-state index in [1.807, 2.05) is 6.20 Å². The largest absolute Gasteiger partial charge is 0.385 e. The van der Waals surface area contributed by atoms with Crippen molar-refractivity contribution in [2.45, 2.75) is 122 Å². The van der Waals surface area contributed by atoms with Crippen molar-refractivity contribution in [1.29, 1.82) is 0 Å². The highest BCUT2D eigenvalue weighted by molar-refractivity contribution is 5.64. The second-order valence-electron chi connectivity index (χ2n) is 9.35. The Labute approximate surface area is 190 Å². The van der Waals surface area contributed by atoms with Crippen molar-refractivity contribution in [2.75, 3.05) is 6.54 Å². The predicted octanol–water partition coefficient (Wildman–Crippen LogP) is 7.49. The van der Waals surface area contributed by atoms with E-state index in [1.165, 1.54) is 103 Å². The Hall–Kier alpha value is -1.51. The van der Waals surface area contributed by atoms with Crippen molar-refractivity contribution in [1.82, 2.24) is 10.3 Å². The molecule has 0 bridgehead atoms. The zero-order chi connectivity index (χ0) is 22.2. The van der Waals surface area contributed by atoms with Gasteiger partial charge < -0.3 is 10.3 Å². The number of hydrogen-bond acceptors (Lipinski definition) is 1. The molecule has 31 heavy (non-hydrogen) atoms. The molecule has 0 radical (unpaired) electrons. The van der Waals surface area contributed by atoms with Crippen molar-refractivity contribution >= 4 is 17.6 Å². The van der Waals surface area contributed by atoms with Crippen molar-refractivity contribution in [3.05, 3.63) is 28.9 Å². The van der Waals surface area contributed by atoms with Crippen molar-refractivity contribution < 1.29 is 4.39 Å². The number of nitrogens with one attached hydrogen (secondary N) is 2. The summed E-state index contributed by atoms with van der Waals surface area (Å²) in [5.41, 5.74) is 1.92. The van der Waals surface area contributed by atoms with Crippen molar-refractivity contribution in [3.8, 4) is 0 Å². The van der Waals surface area contributed by atoms with Crippen LogP contribution >= 0.6 is 0 Å². The fraction of sp³-hybridized carbons (Fsp3) is 0.714. The molecule has 0 unspecified atom stereocenters. The number of halogens is 1. The molecule has 0 aromatic carbocycles. The van der Waals surface area contributed by atoms with Crippen molar-refractivity contribution in [2.24, 2.45) is 0 Å². The van der Waals surface area contributed by atoms with Gasteiger partial charge in [-0.05, 0) is 12.8 Å². The summed E-state index contributed by atoms with van der Waals surface area (Å²) in [6.45, 7) is 7.39. The molecular formula is C28H47FN2. The quantitative estimate of drug-likeness (QED) is 0.219. The maximum Gasteiger partial charge on any atom is 0.124 e. The highest BCUT2D eigenvalue weighted by Gasteiger charge is 2.10. The average molecular weight is 431 g/mol. The van der Waals surface area contributed by atoms with E-state index in [1.54, 1.807) is 0 Å². The van der Waals surface area contributed by atoms with Gasteiger partial charge in [-0.15, -0.1) is 0 Å². The number of unbranched alkanes of at least 4 members (excludes halogenated alkanes) is 15. The summed E-state index contributed by atoms with van der Waals surface area (Å²) in [7, 11) is 0. The lowest BCUT2D eigenvalue weighted by Crippen LogP contribution is -2.30. The van der Waals surface area contributed by atoms with Crippen LogP contribution < -0.4 is 15.9 Å². The van der Waals surface area contributed by atoms with E-state index in [4.69, 9.17) is 0 Å². The lowest BCUT2D eigenvalue weighted by Gasteiger charge is -2.09. The molecule has 0 saturated heterocycles. The smallest absolute Gasteiger partial charge is 0.124 e. The Morgan fingerprint density at radius 2 is 1.39 bits per heavy atom.